The lowest BCUT2D eigenvalue weighted by atomic mass is 10.2. The molecule has 0 amide bonds. The Morgan fingerprint density at radius 1 is 0.805 bits per heavy atom. The molecule has 12 heteroatoms. The average Bonchev–Trinajstić information content (AvgIpc) is 3.80. The summed E-state index contributed by atoms with van der Waals surface area (Å²) in [7, 11) is 1.64. The van der Waals surface area contributed by atoms with Gasteiger partial charge in [-0.25, -0.2) is 0 Å². The molecular formula is C29H20N6O4S2. The third-order valence-electron chi connectivity index (χ3n) is 6.85. The van der Waals surface area contributed by atoms with Crippen molar-refractivity contribution in [3.05, 3.63) is 69.9 Å². The minimum atomic E-state index is 0.198. The third kappa shape index (κ3) is 4.29. The Morgan fingerprint density at radius 3 is 1.88 bits per heavy atom. The minimum Gasteiger partial charge on any atom is -0.508 e. The largest absolute Gasteiger partial charge is 0.508 e. The predicted octanol–water partition coefficient (Wildman–Crippen LogP) is 5.80. The summed E-state index contributed by atoms with van der Waals surface area (Å²) in [5, 5.41) is 31.7. The molecule has 0 radical (unpaired) electrons. The van der Waals surface area contributed by atoms with Gasteiger partial charge in [0.25, 0.3) is 0 Å². The van der Waals surface area contributed by atoms with Gasteiger partial charge < -0.3 is 28.5 Å². The number of nitrogens with zero attached hydrogens (tertiary/aromatic N) is 6. The fraction of sp³-hybridized carbons (Fsp3) is 0.172. The SMILES string of the molecule is COc1ccc2oc(C3=C(C#N)SC4=NCCN43)cc2c1.N#CC1=C(c2cc3cc(O)ccc3o2)N2CCN=C2S1. The number of fused-ring (bicyclic) bond motifs is 4. The molecule has 0 aliphatic carbocycles. The first kappa shape index (κ1) is 25.2. The number of rotatable bonds is 3. The monoisotopic (exact) mass is 580 g/mol. The van der Waals surface area contributed by atoms with Crippen LogP contribution in [0.3, 0.4) is 0 Å². The zero-order chi connectivity index (χ0) is 28.1. The summed E-state index contributed by atoms with van der Waals surface area (Å²) >= 11 is 2.79. The van der Waals surface area contributed by atoms with Gasteiger partial charge in [-0.3, -0.25) is 9.98 Å². The van der Waals surface area contributed by atoms with Gasteiger partial charge in [0, 0.05) is 23.9 Å². The van der Waals surface area contributed by atoms with Gasteiger partial charge in [-0.1, -0.05) is 0 Å². The van der Waals surface area contributed by atoms with Crippen LogP contribution in [0.4, 0.5) is 0 Å². The van der Waals surface area contributed by atoms with Crippen molar-refractivity contribution in [2.45, 2.75) is 0 Å². The number of furan rings is 2. The van der Waals surface area contributed by atoms with Crippen molar-refractivity contribution in [3.63, 3.8) is 0 Å². The maximum absolute atomic E-state index is 9.51. The van der Waals surface area contributed by atoms with Gasteiger partial charge in [0.1, 0.15) is 56.0 Å². The molecule has 0 spiro atoms. The van der Waals surface area contributed by atoms with Crippen LogP contribution in [0.1, 0.15) is 11.5 Å². The van der Waals surface area contributed by atoms with Gasteiger partial charge in [-0.2, -0.15) is 10.5 Å². The lowest BCUT2D eigenvalue weighted by Gasteiger charge is -2.13. The molecule has 2 aromatic heterocycles. The number of benzene rings is 2. The summed E-state index contributed by atoms with van der Waals surface area (Å²) in [6.45, 7) is 3.07. The molecule has 1 N–H and O–H groups in total. The van der Waals surface area contributed by atoms with Crippen LogP contribution in [0.2, 0.25) is 0 Å². The molecule has 0 unspecified atom stereocenters. The normalized spacial score (nSPS) is 17.3. The summed E-state index contributed by atoms with van der Waals surface area (Å²) in [4.78, 5) is 14.1. The van der Waals surface area contributed by atoms with E-state index in [2.05, 4.69) is 27.0 Å². The quantitative estimate of drug-likeness (QED) is 0.317. The lowest BCUT2D eigenvalue weighted by Crippen LogP contribution is -2.19. The number of thioether (sulfide) groups is 2. The van der Waals surface area contributed by atoms with Gasteiger partial charge in [0.05, 0.1) is 20.2 Å². The van der Waals surface area contributed by atoms with Crippen LogP contribution < -0.4 is 4.74 Å². The van der Waals surface area contributed by atoms with Crippen LogP contribution in [0, 0.1) is 22.7 Å². The molecule has 202 valence electrons. The molecule has 2 aromatic carbocycles. The molecular weight excluding hydrogens is 560 g/mol. The predicted molar refractivity (Wildman–Crippen MR) is 159 cm³/mol. The molecule has 0 atom stereocenters. The van der Waals surface area contributed by atoms with Crippen molar-refractivity contribution >= 4 is 67.2 Å². The van der Waals surface area contributed by atoms with Gasteiger partial charge in [0.2, 0.25) is 0 Å². The molecule has 4 aliphatic rings. The zero-order valence-corrected chi connectivity index (χ0v) is 23.3. The van der Waals surface area contributed by atoms with E-state index in [4.69, 9.17) is 13.6 Å². The van der Waals surface area contributed by atoms with Crippen molar-refractivity contribution in [2.75, 3.05) is 33.3 Å². The molecule has 4 aromatic rings. The Morgan fingerprint density at radius 2 is 1.34 bits per heavy atom. The van der Waals surface area contributed by atoms with E-state index < -0.39 is 0 Å². The average molecular weight is 581 g/mol. The van der Waals surface area contributed by atoms with Crippen molar-refractivity contribution < 1.29 is 18.7 Å². The maximum atomic E-state index is 9.51. The summed E-state index contributed by atoms with van der Waals surface area (Å²) in [6.07, 6.45) is 0. The molecule has 41 heavy (non-hydrogen) atoms. The second-order valence-corrected chi connectivity index (χ2v) is 11.2. The van der Waals surface area contributed by atoms with Crippen molar-refractivity contribution in [2.24, 2.45) is 9.98 Å². The van der Waals surface area contributed by atoms with E-state index in [0.717, 1.165) is 70.0 Å². The first-order chi connectivity index (χ1) is 20.1. The standard InChI is InChI=1S/C15H11N3O2S.C14H9N3O2S/c1-19-10-2-3-11-9(6-10)7-12(20-11)14-13(8-16)21-15-17-4-5-18(14)15;15-7-12-13(17-4-3-16-14(17)20-12)11-6-8-5-9(18)1-2-10(8)19-11/h2-3,6-7H,4-5H2,1H3;1-2,5-6,18H,3-4H2. The third-order valence-corrected chi connectivity index (χ3v) is 8.89. The molecule has 0 fully saturated rings. The number of aromatic hydroxyl groups is 1. The first-order valence-corrected chi connectivity index (χ1v) is 14.3. The number of phenolic OH excluding ortho intramolecular Hbond substituents is 1. The van der Waals surface area contributed by atoms with Gasteiger partial charge in [-0.05, 0) is 72.1 Å². The number of hydrogen-bond acceptors (Lipinski definition) is 12. The van der Waals surface area contributed by atoms with Gasteiger partial charge >= 0.3 is 0 Å². The van der Waals surface area contributed by atoms with Crippen LogP contribution in [-0.4, -0.2) is 58.5 Å². The van der Waals surface area contributed by atoms with Crippen molar-refractivity contribution in [3.8, 4) is 23.6 Å². The van der Waals surface area contributed by atoms with Crippen LogP contribution in [0.15, 0.2) is 77.2 Å². The molecule has 8 rings (SSSR count). The van der Waals surface area contributed by atoms with E-state index in [-0.39, 0.29) is 5.75 Å². The topological polar surface area (TPSA) is 135 Å². The number of nitriles is 2. The number of ether oxygens (including phenoxy) is 1. The summed E-state index contributed by atoms with van der Waals surface area (Å²) in [5.41, 5.74) is 3.08. The van der Waals surface area contributed by atoms with Gasteiger partial charge in [-0.15, -0.1) is 0 Å². The smallest absolute Gasteiger partial charge is 0.169 e. The summed E-state index contributed by atoms with van der Waals surface area (Å²) in [5.74, 6) is 2.33. The van der Waals surface area contributed by atoms with Gasteiger partial charge in [0.15, 0.2) is 21.9 Å². The van der Waals surface area contributed by atoms with Crippen LogP contribution in [-0.2, 0) is 0 Å². The highest BCUT2D eigenvalue weighted by Crippen LogP contribution is 2.44. The summed E-state index contributed by atoms with van der Waals surface area (Å²) in [6, 6.07) is 18.9. The maximum Gasteiger partial charge on any atom is 0.169 e. The molecule has 4 aliphatic heterocycles. The lowest BCUT2D eigenvalue weighted by molar-refractivity contribution is 0.415. The number of amidine groups is 2. The minimum absolute atomic E-state index is 0.198. The molecule has 0 saturated heterocycles. The Kier molecular flexibility index (Phi) is 6.15. The van der Waals surface area contributed by atoms with Crippen LogP contribution >= 0.6 is 23.5 Å². The molecule has 6 heterocycles. The highest BCUT2D eigenvalue weighted by Gasteiger charge is 2.36. The van der Waals surface area contributed by atoms with Crippen molar-refractivity contribution in [1.82, 2.24) is 9.80 Å². The number of hydrogen-bond donors (Lipinski definition) is 1. The Bertz CT molecular complexity index is 1950. The highest BCUT2D eigenvalue weighted by atomic mass is 32.2. The number of aliphatic imine (C=N–C) groups is 2. The fourth-order valence-electron chi connectivity index (χ4n) is 5.02. The van der Waals surface area contributed by atoms with E-state index in [1.807, 2.05) is 35.2 Å². The number of allylic oxidation sites excluding steroid dienone is 2. The van der Waals surface area contributed by atoms with Crippen LogP contribution in [0.25, 0.3) is 33.3 Å². The van der Waals surface area contributed by atoms with E-state index in [1.54, 1.807) is 25.3 Å². The number of methoxy groups -OCH3 is 1. The van der Waals surface area contributed by atoms with E-state index in [0.29, 0.717) is 26.9 Å². The van der Waals surface area contributed by atoms with Crippen LogP contribution in [0.5, 0.6) is 11.5 Å². The van der Waals surface area contributed by atoms with Crippen molar-refractivity contribution in [1.29, 1.82) is 10.5 Å². The second kappa shape index (κ2) is 10.0. The molecule has 0 saturated carbocycles. The number of phenols is 1. The first-order valence-electron chi connectivity index (χ1n) is 12.7. The van der Waals surface area contributed by atoms with E-state index >= 15 is 0 Å². The molecule has 0 bridgehead atoms. The Balaban J connectivity index is 0.000000135. The summed E-state index contributed by atoms with van der Waals surface area (Å²) < 4.78 is 17.0. The highest BCUT2D eigenvalue weighted by molar-refractivity contribution is 8.18. The van der Waals surface area contributed by atoms with E-state index in [9.17, 15) is 15.6 Å². The Labute approximate surface area is 242 Å². The van der Waals surface area contributed by atoms with E-state index in [1.165, 1.54) is 23.5 Å². The fourth-order valence-corrected chi connectivity index (χ4v) is 6.99. The Hall–Kier alpha value is -4.78. The second-order valence-electron chi connectivity index (χ2n) is 9.26. The zero-order valence-electron chi connectivity index (χ0n) is 21.6. The molecule has 10 nitrogen and oxygen atoms in total.